The first-order valence-corrected chi connectivity index (χ1v) is 7.07. The van der Waals surface area contributed by atoms with Crippen molar-refractivity contribution in [3.05, 3.63) is 29.8 Å². The van der Waals surface area contributed by atoms with Crippen LogP contribution in [0.2, 0.25) is 0 Å². The molecule has 3 N–H and O–H groups in total. The average molecular weight is 258 g/mol. The number of nitrogens with one attached hydrogen (secondary N) is 2. The number of aliphatic hydroxyl groups excluding tert-OH is 1. The van der Waals surface area contributed by atoms with Crippen molar-refractivity contribution in [1.29, 1.82) is 0 Å². The van der Waals surface area contributed by atoms with E-state index in [9.17, 15) is 8.42 Å². The molecular formula is C11H18N2O3S. The van der Waals surface area contributed by atoms with Gasteiger partial charge in [0.15, 0.2) is 0 Å². The lowest BCUT2D eigenvalue weighted by molar-refractivity contribution is 0.299. The molecule has 96 valence electrons. The predicted molar refractivity (Wildman–Crippen MR) is 68.6 cm³/mol. The summed E-state index contributed by atoms with van der Waals surface area (Å²) in [6.45, 7) is 0.505. The van der Waals surface area contributed by atoms with Crippen LogP contribution in [0.1, 0.15) is 5.56 Å². The normalized spacial score (nSPS) is 11.4. The molecule has 0 unspecified atom stereocenters. The molecule has 1 aromatic rings. The van der Waals surface area contributed by atoms with Crippen LogP contribution in [0.5, 0.6) is 0 Å². The number of benzene rings is 1. The van der Waals surface area contributed by atoms with Gasteiger partial charge in [0.1, 0.15) is 0 Å². The highest BCUT2D eigenvalue weighted by Crippen LogP contribution is 2.11. The number of hydrogen-bond donors (Lipinski definition) is 3. The summed E-state index contributed by atoms with van der Waals surface area (Å²) in [6, 6.07) is 6.99. The fourth-order valence-electron chi connectivity index (χ4n) is 1.34. The van der Waals surface area contributed by atoms with Gasteiger partial charge in [-0.3, -0.25) is 4.72 Å². The van der Waals surface area contributed by atoms with Crippen molar-refractivity contribution in [2.24, 2.45) is 0 Å². The van der Waals surface area contributed by atoms with E-state index >= 15 is 0 Å². The highest BCUT2D eigenvalue weighted by atomic mass is 32.2. The third-order valence-electron chi connectivity index (χ3n) is 2.25. The van der Waals surface area contributed by atoms with Crippen molar-refractivity contribution in [3.63, 3.8) is 0 Å². The van der Waals surface area contributed by atoms with Gasteiger partial charge in [-0.2, -0.15) is 0 Å². The Labute approximate surface area is 102 Å². The summed E-state index contributed by atoms with van der Waals surface area (Å²) in [6.07, 6.45) is 0.576. The first-order chi connectivity index (χ1) is 8.07. The molecule has 0 fully saturated rings. The van der Waals surface area contributed by atoms with Crippen molar-refractivity contribution in [2.45, 2.75) is 6.42 Å². The first kappa shape index (κ1) is 14.0. The molecule has 0 aliphatic heterocycles. The van der Waals surface area contributed by atoms with Gasteiger partial charge in [-0.05, 0) is 31.2 Å². The molecule has 0 radical (unpaired) electrons. The molecule has 0 bridgehead atoms. The van der Waals surface area contributed by atoms with E-state index in [0.717, 1.165) is 5.56 Å². The molecule has 0 aliphatic carbocycles. The van der Waals surface area contributed by atoms with Crippen molar-refractivity contribution in [2.75, 3.05) is 30.7 Å². The number of aliphatic hydroxyl groups is 1. The van der Waals surface area contributed by atoms with Crippen molar-refractivity contribution in [3.8, 4) is 0 Å². The number of hydrogen-bond acceptors (Lipinski definition) is 4. The maximum Gasteiger partial charge on any atom is 0.233 e. The predicted octanol–water partition coefficient (Wildman–Crippen LogP) is 0.182. The highest BCUT2D eigenvalue weighted by molar-refractivity contribution is 7.92. The fourth-order valence-corrected chi connectivity index (χ4v) is 2.41. The topological polar surface area (TPSA) is 78.4 Å². The Morgan fingerprint density at radius 3 is 2.41 bits per heavy atom. The third-order valence-corrected chi connectivity index (χ3v) is 3.54. The number of anilines is 1. The Kier molecular flexibility index (Phi) is 5.40. The van der Waals surface area contributed by atoms with Crippen LogP contribution >= 0.6 is 0 Å². The summed E-state index contributed by atoms with van der Waals surface area (Å²) in [5.74, 6) is 0.0435. The molecule has 5 nitrogen and oxygen atoms in total. The summed E-state index contributed by atoms with van der Waals surface area (Å²) in [7, 11) is -1.58. The summed E-state index contributed by atoms with van der Waals surface area (Å²) in [5.41, 5.74) is 1.52. The molecule has 0 spiro atoms. The van der Waals surface area contributed by atoms with Gasteiger partial charge in [-0.1, -0.05) is 12.1 Å². The van der Waals surface area contributed by atoms with Crippen molar-refractivity contribution >= 4 is 15.7 Å². The van der Waals surface area contributed by atoms with Crippen LogP contribution in [0.3, 0.4) is 0 Å². The lowest BCUT2D eigenvalue weighted by Gasteiger charge is -2.08. The zero-order valence-corrected chi connectivity index (χ0v) is 10.6. The standard InChI is InChI=1S/C11H18N2O3S/c1-12-7-9-17(15,16)13-11-4-2-10(3-5-11)6-8-14/h2-5,12-14H,6-9H2,1H3. The van der Waals surface area contributed by atoms with Crippen molar-refractivity contribution in [1.82, 2.24) is 5.32 Å². The van der Waals surface area contributed by atoms with E-state index in [1.54, 1.807) is 31.3 Å². The van der Waals surface area contributed by atoms with E-state index in [1.807, 2.05) is 0 Å². The molecule has 0 heterocycles. The molecule has 0 saturated heterocycles. The fraction of sp³-hybridized carbons (Fsp3) is 0.455. The van der Waals surface area contributed by atoms with Crippen LogP contribution in [-0.4, -0.2) is 39.5 Å². The van der Waals surface area contributed by atoms with Crippen LogP contribution in [0.15, 0.2) is 24.3 Å². The Balaban J connectivity index is 2.62. The number of rotatable bonds is 7. The smallest absolute Gasteiger partial charge is 0.233 e. The van der Waals surface area contributed by atoms with Crippen LogP contribution in [0.4, 0.5) is 5.69 Å². The molecule has 0 amide bonds. The molecule has 0 aromatic heterocycles. The van der Waals surface area contributed by atoms with Crippen LogP contribution < -0.4 is 10.0 Å². The molecule has 0 aliphatic rings. The quantitative estimate of drug-likeness (QED) is 0.652. The SMILES string of the molecule is CNCCS(=O)(=O)Nc1ccc(CCO)cc1. The molecule has 1 aromatic carbocycles. The lowest BCUT2D eigenvalue weighted by Crippen LogP contribution is -2.24. The maximum absolute atomic E-state index is 11.6. The molecule has 0 atom stereocenters. The molecule has 0 saturated carbocycles. The summed E-state index contributed by atoms with van der Waals surface area (Å²) in [4.78, 5) is 0. The second kappa shape index (κ2) is 6.58. The van der Waals surface area contributed by atoms with E-state index in [1.165, 1.54) is 0 Å². The van der Waals surface area contributed by atoms with Crippen LogP contribution in [0, 0.1) is 0 Å². The second-order valence-electron chi connectivity index (χ2n) is 3.70. The van der Waals surface area contributed by atoms with E-state index in [4.69, 9.17) is 5.11 Å². The third kappa shape index (κ3) is 5.16. The van der Waals surface area contributed by atoms with E-state index < -0.39 is 10.0 Å². The summed E-state index contributed by atoms with van der Waals surface area (Å²) in [5, 5.41) is 11.5. The van der Waals surface area contributed by atoms with Gasteiger partial charge in [0, 0.05) is 18.8 Å². The average Bonchev–Trinajstić information content (AvgIpc) is 2.29. The van der Waals surface area contributed by atoms with Gasteiger partial charge >= 0.3 is 0 Å². The summed E-state index contributed by atoms with van der Waals surface area (Å²) >= 11 is 0. The minimum absolute atomic E-state index is 0.0435. The van der Waals surface area contributed by atoms with Gasteiger partial charge in [0.25, 0.3) is 0 Å². The largest absolute Gasteiger partial charge is 0.396 e. The van der Waals surface area contributed by atoms with Gasteiger partial charge in [0.05, 0.1) is 5.75 Å². The lowest BCUT2D eigenvalue weighted by atomic mass is 10.1. The van der Waals surface area contributed by atoms with Gasteiger partial charge in [0.2, 0.25) is 10.0 Å². The minimum Gasteiger partial charge on any atom is -0.396 e. The highest BCUT2D eigenvalue weighted by Gasteiger charge is 2.08. The summed E-state index contributed by atoms with van der Waals surface area (Å²) < 4.78 is 25.6. The van der Waals surface area contributed by atoms with E-state index in [2.05, 4.69) is 10.0 Å². The van der Waals surface area contributed by atoms with E-state index in [0.29, 0.717) is 18.7 Å². The Hall–Kier alpha value is -1.11. The Bertz CT molecular complexity index is 429. The Morgan fingerprint density at radius 2 is 1.88 bits per heavy atom. The first-order valence-electron chi connectivity index (χ1n) is 5.42. The molecular weight excluding hydrogens is 240 g/mol. The van der Waals surface area contributed by atoms with Gasteiger partial charge in [-0.25, -0.2) is 8.42 Å². The maximum atomic E-state index is 11.6. The van der Waals surface area contributed by atoms with E-state index in [-0.39, 0.29) is 12.4 Å². The Morgan fingerprint density at radius 1 is 1.24 bits per heavy atom. The van der Waals surface area contributed by atoms with Crippen molar-refractivity contribution < 1.29 is 13.5 Å². The van der Waals surface area contributed by atoms with Gasteiger partial charge in [-0.15, -0.1) is 0 Å². The van der Waals surface area contributed by atoms with Gasteiger partial charge < -0.3 is 10.4 Å². The molecule has 17 heavy (non-hydrogen) atoms. The zero-order valence-electron chi connectivity index (χ0n) is 9.81. The van der Waals surface area contributed by atoms with Crippen LogP contribution in [-0.2, 0) is 16.4 Å². The zero-order chi connectivity index (χ0) is 12.7. The van der Waals surface area contributed by atoms with Crippen LogP contribution in [0.25, 0.3) is 0 Å². The monoisotopic (exact) mass is 258 g/mol. The molecule has 1 rings (SSSR count). The second-order valence-corrected chi connectivity index (χ2v) is 5.54. The number of sulfonamides is 1. The molecule has 6 heteroatoms. The minimum atomic E-state index is -3.28.